The van der Waals surface area contributed by atoms with E-state index in [1.807, 2.05) is 32.0 Å². The Morgan fingerprint density at radius 2 is 1.67 bits per heavy atom. The number of benzene rings is 3. The highest BCUT2D eigenvalue weighted by Gasteiger charge is 2.15. The summed E-state index contributed by atoms with van der Waals surface area (Å²) in [6.07, 6.45) is 0. The van der Waals surface area contributed by atoms with Gasteiger partial charge in [0.2, 0.25) is 12.7 Å². The van der Waals surface area contributed by atoms with Crippen LogP contribution in [0.25, 0.3) is 0 Å². The average molecular weight is 492 g/mol. The van der Waals surface area contributed by atoms with Crippen molar-refractivity contribution < 1.29 is 28.5 Å². The molecule has 3 aromatic rings. The molecule has 3 aromatic carbocycles. The number of fused-ring (bicyclic) bond motifs is 1. The molecule has 0 fully saturated rings. The molecule has 1 aliphatic rings. The Morgan fingerprint density at radius 1 is 0.889 bits per heavy atom. The molecule has 1 aliphatic heterocycles. The standard InChI is InChI=1S/C27H29N3O6/c1-3-33-22-12-10-19(14-25(22)34-4-2)30-26(31)16-28-21-8-6-5-7-20(21)27(32)29-15-18-9-11-23-24(13-18)36-17-35-23/h5-14,28H,3-4,15-17H2,1-2H3,(H,29,32)(H,30,31). The first-order valence-electron chi connectivity index (χ1n) is 11.8. The summed E-state index contributed by atoms with van der Waals surface area (Å²) in [5, 5.41) is 8.80. The van der Waals surface area contributed by atoms with Crippen LogP contribution >= 0.6 is 0 Å². The number of hydrogen-bond acceptors (Lipinski definition) is 7. The zero-order chi connectivity index (χ0) is 25.3. The van der Waals surface area contributed by atoms with Gasteiger partial charge >= 0.3 is 0 Å². The van der Waals surface area contributed by atoms with Crippen LogP contribution in [0.1, 0.15) is 29.8 Å². The zero-order valence-electron chi connectivity index (χ0n) is 20.3. The van der Waals surface area contributed by atoms with E-state index in [2.05, 4.69) is 16.0 Å². The first-order chi connectivity index (χ1) is 17.6. The van der Waals surface area contributed by atoms with Gasteiger partial charge in [-0.1, -0.05) is 18.2 Å². The fourth-order valence-electron chi connectivity index (χ4n) is 3.67. The molecule has 0 saturated heterocycles. The topological polar surface area (TPSA) is 107 Å². The van der Waals surface area contributed by atoms with Crippen molar-refractivity contribution in [3.05, 3.63) is 71.8 Å². The molecule has 0 aliphatic carbocycles. The van der Waals surface area contributed by atoms with E-state index < -0.39 is 0 Å². The molecule has 2 amide bonds. The Bertz CT molecular complexity index is 1230. The lowest BCUT2D eigenvalue weighted by Crippen LogP contribution is -2.26. The van der Waals surface area contributed by atoms with Gasteiger partial charge in [0, 0.05) is 24.0 Å². The predicted octanol–water partition coefficient (Wildman–Crippen LogP) is 4.19. The number of amides is 2. The molecule has 188 valence electrons. The van der Waals surface area contributed by atoms with Gasteiger partial charge in [-0.25, -0.2) is 0 Å². The lowest BCUT2D eigenvalue weighted by Gasteiger charge is -2.14. The molecule has 0 aromatic heterocycles. The van der Waals surface area contributed by atoms with Crippen molar-refractivity contribution in [1.82, 2.24) is 5.32 Å². The van der Waals surface area contributed by atoms with E-state index in [-0.39, 0.29) is 25.2 Å². The molecule has 9 heteroatoms. The maximum atomic E-state index is 12.9. The van der Waals surface area contributed by atoms with Crippen molar-refractivity contribution in [3.63, 3.8) is 0 Å². The molecular formula is C27H29N3O6. The van der Waals surface area contributed by atoms with Crippen molar-refractivity contribution in [2.75, 3.05) is 37.2 Å². The van der Waals surface area contributed by atoms with Gasteiger partial charge in [-0.15, -0.1) is 0 Å². The molecule has 36 heavy (non-hydrogen) atoms. The lowest BCUT2D eigenvalue weighted by atomic mass is 10.1. The van der Waals surface area contributed by atoms with E-state index in [9.17, 15) is 9.59 Å². The molecular weight excluding hydrogens is 462 g/mol. The van der Waals surface area contributed by atoms with E-state index in [4.69, 9.17) is 18.9 Å². The van der Waals surface area contributed by atoms with E-state index >= 15 is 0 Å². The number of rotatable bonds is 11. The van der Waals surface area contributed by atoms with E-state index in [1.54, 1.807) is 42.5 Å². The second-order valence-corrected chi connectivity index (χ2v) is 7.85. The SMILES string of the molecule is CCOc1ccc(NC(=O)CNc2ccccc2C(=O)NCc2ccc3c(c2)OCO3)cc1OCC. The van der Waals surface area contributed by atoms with E-state index in [1.165, 1.54) is 0 Å². The average Bonchev–Trinajstić information content (AvgIpc) is 3.36. The summed E-state index contributed by atoms with van der Waals surface area (Å²) in [5.74, 6) is 2.01. The van der Waals surface area contributed by atoms with Gasteiger partial charge in [-0.3, -0.25) is 9.59 Å². The Hall–Kier alpha value is -4.40. The number of nitrogens with one attached hydrogen (secondary N) is 3. The van der Waals surface area contributed by atoms with Crippen LogP contribution < -0.4 is 34.9 Å². The fourth-order valence-corrected chi connectivity index (χ4v) is 3.67. The predicted molar refractivity (Wildman–Crippen MR) is 136 cm³/mol. The van der Waals surface area contributed by atoms with Crippen LogP contribution in [0.3, 0.4) is 0 Å². The van der Waals surface area contributed by atoms with Crippen LogP contribution in [0.4, 0.5) is 11.4 Å². The third-order valence-corrected chi connectivity index (χ3v) is 5.33. The maximum Gasteiger partial charge on any atom is 0.253 e. The summed E-state index contributed by atoms with van der Waals surface area (Å²) in [6.45, 7) is 5.27. The molecule has 3 N–H and O–H groups in total. The second kappa shape index (κ2) is 11.8. The van der Waals surface area contributed by atoms with Crippen molar-refractivity contribution in [2.24, 2.45) is 0 Å². The van der Waals surface area contributed by atoms with Gasteiger partial charge in [0.15, 0.2) is 23.0 Å². The summed E-state index contributed by atoms with van der Waals surface area (Å²) >= 11 is 0. The Balaban J connectivity index is 1.34. The largest absolute Gasteiger partial charge is 0.490 e. The van der Waals surface area contributed by atoms with Crippen molar-refractivity contribution >= 4 is 23.2 Å². The molecule has 0 saturated carbocycles. The monoisotopic (exact) mass is 491 g/mol. The van der Waals surface area contributed by atoms with Crippen LogP contribution in [0.2, 0.25) is 0 Å². The van der Waals surface area contributed by atoms with E-state index in [0.29, 0.717) is 59.7 Å². The number of carbonyl (C=O) groups excluding carboxylic acids is 2. The highest BCUT2D eigenvalue weighted by molar-refractivity contribution is 6.01. The van der Waals surface area contributed by atoms with Gasteiger partial charge in [0.1, 0.15) is 0 Å². The third kappa shape index (κ3) is 6.18. The minimum absolute atomic E-state index is 0.0242. The molecule has 0 radical (unpaired) electrons. The molecule has 0 unspecified atom stereocenters. The normalized spacial score (nSPS) is 11.5. The van der Waals surface area contributed by atoms with Crippen molar-refractivity contribution in [1.29, 1.82) is 0 Å². The molecule has 0 bridgehead atoms. The molecule has 0 atom stereocenters. The lowest BCUT2D eigenvalue weighted by molar-refractivity contribution is -0.114. The third-order valence-electron chi connectivity index (χ3n) is 5.33. The molecule has 1 heterocycles. The van der Waals surface area contributed by atoms with E-state index in [0.717, 1.165) is 5.56 Å². The number of carbonyl (C=O) groups is 2. The van der Waals surface area contributed by atoms with Gasteiger partial charge in [-0.05, 0) is 55.8 Å². The number of hydrogen-bond donors (Lipinski definition) is 3. The smallest absolute Gasteiger partial charge is 0.253 e. The highest BCUT2D eigenvalue weighted by Crippen LogP contribution is 2.32. The minimum Gasteiger partial charge on any atom is -0.490 e. The molecule has 9 nitrogen and oxygen atoms in total. The van der Waals surface area contributed by atoms with Gasteiger partial charge in [0.25, 0.3) is 5.91 Å². The fraction of sp³-hybridized carbons (Fsp3) is 0.259. The maximum absolute atomic E-state index is 12.9. The summed E-state index contributed by atoms with van der Waals surface area (Å²) in [7, 11) is 0. The van der Waals surface area contributed by atoms with Crippen LogP contribution in [-0.4, -0.2) is 38.4 Å². The summed E-state index contributed by atoms with van der Waals surface area (Å²) in [6, 6.07) is 17.8. The van der Waals surface area contributed by atoms with Crippen LogP contribution in [0.5, 0.6) is 23.0 Å². The Kier molecular flexibility index (Phi) is 8.12. The summed E-state index contributed by atoms with van der Waals surface area (Å²) < 4.78 is 21.9. The minimum atomic E-state index is -0.267. The second-order valence-electron chi connectivity index (χ2n) is 7.85. The van der Waals surface area contributed by atoms with Crippen molar-refractivity contribution in [2.45, 2.75) is 20.4 Å². The number of anilines is 2. The van der Waals surface area contributed by atoms with Crippen LogP contribution in [-0.2, 0) is 11.3 Å². The van der Waals surface area contributed by atoms with Crippen molar-refractivity contribution in [3.8, 4) is 23.0 Å². The van der Waals surface area contributed by atoms with Gasteiger partial charge < -0.3 is 34.9 Å². The van der Waals surface area contributed by atoms with Gasteiger partial charge in [-0.2, -0.15) is 0 Å². The van der Waals surface area contributed by atoms with Crippen LogP contribution in [0, 0.1) is 0 Å². The molecule has 4 rings (SSSR count). The number of ether oxygens (including phenoxy) is 4. The quantitative estimate of drug-likeness (QED) is 0.369. The summed E-state index contributed by atoms with van der Waals surface area (Å²) in [5.41, 5.74) is 2.46. The number of para-hydroxylation sites is 1. The van der Waals surface area contributed by atoms with Crippen LogP contribution in [0.15, 0.2) is 60.7 Å². The zero-order valence-corrected chi connectivity index (χ0v) is 20.3. The Labute approximate surface area is 209 Å². The van der Waals surface area contributed by atoms with Gasteiger partial charge in [0.05, 0.1) is 25.3 Å². The highest BCUT2D eigenvalue weighted by atomic mass is 16.7. The first-order valence-corrected chi connectivity index (χ1v) is 11.8. The molecule has 0 spiro atoms. The first kappa shape index (κ1) is 24.7. The Morgan fingerprint density at radius 3 is 2.50 bits per heavy atom. The summed E-state index contributed by atoms with van der Waals surface area (Å²) in [4.78, 5) is 25.4.